The second-order valence-corrected chi connectivity index (χ2v) is 7.07. The summed E-state index contributed by atoms with van der Waals surface area (Å²) in [4.78, 5) is 3.81. The largest absolute Gasteiger partial charge is 0.266 e. The Kier molecular flexibility index (Phi) is 4.08. The zero-order valence-electron chi connectivity index (χ0n) is 11.7. The van der Waals surface area contributed by atoms with Gasteiger partial charge in [-0.2, -0.15) is 0 Å². The highest BCUT2D eigenvalue weighted by atomic mass is 35.5. The number of hydrogen-bond acceptors (Lipinski definition) is 3. The summed E-state index contributed by atoms with van der Waals surface area (Å²) >= 11 is 6.08. The summed E-state index contributed by atoms with van der Waals surface area (Å²) in [6.07, 6.45) is -0.0626. The van der Waals surface area contributed by atoms with Gasteiger partial charge in [0.1, 0.15) is 5.82 Å². The number of nitrogens with zero attached hydrogens (tertiary/aromatic N) is 2. The number of aromatic nitrogens is 1. The van der Waals surface area contributed by atoms with Crippen molar-refractivity contribution in [3.63, 3.8) is 0 Å². The third kappa shape index (κ3) is 2.82. The number of alkyl halides is 2. The van der Waals surface area contributed by atoms with E-state index in [0.29, 0.717) is 9.87 Å². The number of sulfonamides is 1. The van der Waals surface area contributed by atoms with Gasteiger partial charge in [-0.3, -0.25) is 0 Å². The van der Waals surface area contributed by atoms with Crippen molar-refractivity contribution in [3.05, 3.63) is 58.7 Å². The maximum absolute atomic E-state index is 12.9. The molecule has 0 atom stereocenters. The van der Waals surface area contributed by atoms with Crippen LogP contribution in [0.15, 0.2) is 42.6 Å². The van der Waals surface area contributed by atoms with Gasteiger partial charge in [0.25, 0.3) is 16.4 Å². The first-order valence-corrected chi connectivity index (χ1v) is 8.45. The molecular weight excluding hydrogens is 346 g/mol. The molecule has 0 fully saturated rings. The van der Waals surface area contributed by atoms with Crippen LogP contribution in [0.5, 0.6) is 0 Å². The molecule has 1 aliphatic rings. The number of halogens is 3. The predicted octanol–water partition coefficient (Wildman–Crippen LogP) is 3.65. The van der Waals surface area contributed by atoms with E-state index in [-0.39, 0.29) is 21.3 Å². The second kappa shape index (κ2) is 5.90. The molecule has 1 aromatic heterocycles. The Labute approximate surface area is 137 Å². The average molecular weight is 357 g/mol. The third-order valence-electron chi connectivity index (χ3n) is 3.35. The molecule has 2 aromatic rings. The van der Waals surface area contributed by atoms with Crippen molar-refractivity contribution >= 4 is 38.4 Å². The predicted molar refractivity (Wildman–Crippen MR) is 85.8 cm³/mol. The highest BCUT2D eigenvalue weighted by molar-refractivity contribution is 8.02. The molecule has 3 rings (SSSR count). The van der Waals surface area contributed by atoms with Crippen LogP contribution in [0.3, 0.4) is 0 Å². The number of hydrogen-bond donors (Lipinski definition) is 0. The lowest BCUT2D eigenvalue weighted by Crippen LogP contribution is -2.38. The Morgan fingerprint density at radius 3 is 2.61 bits per heavy atom. The molecule has 0 bridgehead atoms. The Morgan fingerprint density at radius 2 is 1.91 bits per heavy atom. The molecule has 0 aliphatic carbocycles. The van der Waals surface area contributed by atoms with E-state index in [9.17, 15) is 17.2 Å². The highest BCUT2D eigenvalue weighted by Crippen LogP contribution is 2.39. The van der Waals surface area contributed by atoms with Crippen molar-refractivity contribution in [3.8, 4) is 0 Å². The summed E-state index contributed by atoms with van der Waals surface area (Å²) in [5.41, 5.74) is 0.709. The van der Waals surface area contributed by atoms with Crippen LogP contribution < -0.4 is 4.31 Å². The lowest BCUT2D eigenvalue weighted by Gasteiger charge is -2.29. The molecule has 0 unspecified atom stereocenters. The van der Waals surface area contributed by atoms with Crippen molar-refractivity contribution in [2.24, 2.45) is 0 Å². The quantitative estimate of drug-likeness (QED) is 0.843. The lowest BCUT2D eigenvalue weighted by atomic mass is 10.1. The van der Waals surface area contributed by atoms with Crippen LogP contribution in [-0.2, 0) is 10.0 Å². The topological polar surface area (TPSA) is 50.3 Å². The number of rotatable bonds is 3. The number of pyridine rings is 1. The zero-order valence-corrected chi connectivity index (χ0v) is 13.2. The molecule has 120 valence electrons. The molecule has 0 spiro atoms. The van der Waals surface area contributed by atoms with E-state index in [1.165, 1.54) is 18.3 Å². The molecule has 0 saturated carbocycles. The molecule has 23 heavy (non-hydrogen) atoms. The highest BCUT2D eigenvalue weighted by Gasteiger charge is 2.36. The van der Waals surface area contributed by atoms with Gasteiger partial charge in [-0.25, -0.2) is 26.5 Å². The van der Waals surface area contributed by atoms with Gasteiger partial charge in [0.2, 0.25) is 0 Å². The van der Waals surface area contributed by atoms with Gasteiger partial charge in [0, 0.05) is 22.3 Å². The van der Waals surface area contributed by atoms with E-state index in [1.54, 1.807) is 30.3 Å². The summed E-state index contributed by atoms with van der Waals surface area (Å²) in [5, 5.41) is 0.228. The first-order chi connectivity index (χ1) is 10.9. The second-order valence-electron chi connectivity index (χ2n) is 4.83. The minimum atomic E-state index is -4.18. The van der Waals surface area contributed by atoms with Crippen molar-refractivity contribution < 1.29 is 17.2 Å². The van der Waals surface area contributed by atoms with Gasteiger partial charge in [-0.1, -0.05) is 29.8 Å². The van der Waals surface area contributed by atoms with Crippen LogP contribution in [0.25, 0.3) is 11.0 Å². The van der Waals surface area contributed by atoms with Gasteiger partial charge in [-0.05, 0) is 24.3 Å². The van der Waals surface area contributed by atoms with Crippen LogP contribution in [0.2, 0.25) is 5.02 Å². The fraction of sp³-hybridized carbons (Fsp3) is 0.133. The third-order valence-corrected chi connectivity index (χ3v) is 5.48. The van der Waals surface area contributed by atoms with E-state index in [4.69, 9.17) is 11.6 Å². The molecule has 0 radical (unpaired) electrons. The van der Waals surface area contributed by atoms with E-state index >= 15 is 0 Å². The summed E-state index contributed by atoms with van der Waals surface area (Å²) in [6, 6.07) is 9.60. The van der Waals surface area contributed by atoms with E-state index in [1.807, 2.05) is 0 Å². The molecule has 1 aromatic carbocycles. The van der Waals surface area contributed by atoms with Crippen molar-refractivity contribution in [2.45, 2.75) is 6.43 Å². The Morgan fingerprint density at radius 1 is 1.17 bits per heavy atom. The van der Waals surface area contributed by atoms with Gasteiger partial charge in [0.15, 0.2) is 0 Å². The fourth-order valence-corrected chi connectivity index (χ4v) is 4.32. The minimum absolute atomic E-state index is 0.0106. The normalized spacial score (nSPS) is 16.2. The van der Waals surface area contributed by atoms with E-state index in [0.717, 1.165) is 0 Å². The summed E-state index contributed by atoms with van der Waals surface area (Å²) in [7, 11) is -4.18. The van der Waals surface area contributed by atoms with Crippen LogP contribution in [0.1, 0.15) is 11.1 Å². The first kappa shape index (κ1) is 15.9. The monoisotopic (exact) mass is 356 g/mol. The lowest BCUT2D eigenvalue weighted by molar-refractivity contribution is 0.159. The standard InChI is InChI=1S/C15H11ClF2N2O2S/c16-12-6-2-1-5-11(12)13-8-10-4-3-7-19-15(10)20(9-14(17)18)23(13,21)22/h1-8,14H,9H2. The zero-order chi connectivity index (χ0) is 16.6. The SMILES string of the molecule is O=S1(=O)C(c2ccccc2Cl)=Cc2cccnc2N1CC(F)F. The average Bonchev–Trinajstić information content (AvgIpc) is 2.50. The molecule has 0 N–H and O–H groups in total. The smallest absolute Gasteiger partial charge is 0.243 e. The minimum Gasteiger partial charge on any atom is -0.243 e. The molecule has 0 amide bonds. The first-order valence-electron chi connectivity index (χ1n) is 6.64. The fourth-order valence-electron chi connectivity index (χ4n) is 2.37. The maximum Gasteiger partial charge on any atom is 0.266 e. The molecule has 0 saturated heterocycles. The molecule has 2 heterocycles. The summed E-state index contributed by atoms with van der Waals surface area (Å²) in [6.45, 7) is -0.964. The van der Waals surface area contributed by atoms with Crippen LogP contribution in [-0.4, -0.2) is 26.4 Å². The number of benzene rings is 1. The van der Waals surface area contributed by atoms with Crippen LogP contribution >= 0.6 is 11.6 Å². The molecule has 1 aliphatic heterocycles. The van der Waals surface area contributed by atoms with Crippen molar-refractivity contribution in [2.75, 3.05) is 10.8 Å². The summed E-state index contributed by atoms with van der Waals surface area (Å²) < 4.78 is 52.0. The number of fused-ring (bicyclic) bond motifs is 1. The Balaban J connectivity index is 2.25. The molecule has 4 nitrogen and oxygen atoms in total. The number of anilines is 1. The summed E-state index contributed by atoms with van der Waals surface area (Å²) in [5.74, 6) is -0.0106. The van der Waals surface area contributed by atoms with Crippen LogP contribution in [0, 0.1) is 0 Å². The maximum atomic E-state index is 12.9. The van der Waals surface area contributed by atoms with Gasteiger partial charge in [-0.15, -0.1) is 0 Å². The molecule has 8 heteroatoms. The van der Waals surface area contributed by atoms with Crippen molar-refractivity contribution in [1.29, 1.82) is 0 Å². The van der Waals surface area contributed by atoms with Crippen molar-refractivity contribution in [1.82, 2.24) is 4.98 Å². The molecular formula is C15H11ClF2N2O2S. The Bertz CT molecular complexity index is 885. The van der Waals surface area contributed by atoms with Gasteiger partial charge in [0.05, 0.1) is 11.4 Å². The Hall–Kier alpha value is -1.99. The van der Waals surface area contributed by atoms with Crippen LogP contribution in [0.4, 0.5) is 14.6 Å². The van der Waals surface area contributed by atoms with Gasteiger partial charge < -0.3 is 0 Å². The van der Waals surface area contributed by atoms with E-state index in [2.05, 4.69) is 4.98 Å². The van der Waals surface area contributed by atoms with E-state index < -0.39 is 23.0 Å². The van der Waals surface area contributed by atoms with Gasteiger partial charge >= 0.3 is 0 Å².